The molecule has 1 atom stereocenters. The monoisotopic (exact) mass is 428 g/mol. The van der Waals surface area contributed by atoms with Crippen molar-refractivity contribution in [1.82, 2.24) is 9.80 Å². The van der Waals surface area contributed by atoms with Gasteiger partial charge in [0.25, 0.3) is 0 Å². The van der Waals surface area contributed by atoms with Gasteiger partial charge in [0.05, 0.1) is 13.0 Å². The first-order valence-electron chi connectivity index (χ1n) is 10.1. The van der Waals surface area contributed by atoms with E-state index in [-0.39, 0.29) is 17.4 Å². The van der Waals surface area contributed by atoms with Gasteiger partial charge in [0.15, 0.2) is 0 Å². The third-order valence-corrected chi connectivity index (χ3v) is 6.33. The summed E-state index contributed by atoms with van der Waals surface area (Å²) in [6.45, 7) is -0.676. The summed E-state index contributed by atoms with van der Waals surface area (Å²) in [5.74, 6) is 0.0595. The van der Waals surface area contributed by atoms with Crippen LogP contribution in [0.1, 0.15) is 31.2 Å². The molecule has 2 amide bonds. The summed E-state index contributed by atoms with van der Waals surface area (Å²) >= 11 is 0. The highest BCUT2D eigenvalue weighted by Gasteiger charge is 2.49. The first kappa shape index (κ1) is 22.4. The number of hydrogen-bond donors (Lipinski definition) is 1. The Labute approximate surface area is 173 Å². The minimum Gasteiger partial charge on any atom is -0.434 e. The number of carbonyl (C=O) groups excluding carboxylic acids is 2. The van der Waals surface area contributed by atoms with Gasteiger partial charge in [-0.2, -0.15) is 13.2 Å². The number of piperidine rings is 1. The molecule has 1 aliphatic heterocycles. The Kier molecular flexibility index (Phi) is 6.59. The highest BCUT2D eigenvalue weighted by molar-refractivity contribution is 5.79. The van der Waals surface area contributed by atoms with Crippen molar-refractivity contribution in [2.75, 3.05) is 26.7 Å². The lowest BCUT2D eigenvalue weighted by Gasteiger charge is -2.54. The summed E-state index contributed by atoms with van der Waals surface area (Å²) < 4.78 is 42.4. The summed E-state index contributed by atoms with van der Waals surface area (Å²) in [7, 11) is 1.81. The number of benzene rings is 1. The molecule has 1 saturated heterocycles. The second kappa shape index (κ2) is 8.83. The SMILES string of the molecule is CN(C(=O)Cc1ccccc1)C1CC2(CCN(C(=O)O[C@H](CO)C(F)(F)F)CC2)C1. The number of aliphatic hydroxyl groups is 1. The van der Waals surface area contributed by atoms with Crippen LogP contribution < -0.4 is 0 Å². The van der Waals surface area contributed by atoms with Crippen LogP contribution in [0.2, 0.25) is 0 Å². The van der Waals surface area contributed by atoms with Crippen LogP contribution >= 0.6 is 0 Å². The largest absolute Gasteiger partial charge is 0.434 e. The normalized spacial score (nSPS) is 19.8. The van der Waals surface area contributed by atoms with Gasteiger partial charge in [0.2, 0.25) is 12.0 Å². The van der Waals surface area contributed by atoms with Gasteiger partial charge in [-0.05, 0) is 36.7 Å². The van der Waals surface area contributed by atoms with Gasteiger partial charge in [-0.1, -0.05) is 30.3 Å². The van der Waals surface area contributed by atoms with Gasteiger partial charge in [-0.15, -0.1) is 0 Å². The van der Waals surface area contributed by atoms with Crippen LogP contribution in [-0.2, 0) is 16.0 Å². The number of carbonyl (C=O) groups is 2. The maximum atomic E-state index is 12.7. The van der Waals surface area contributed by atoms with Crippen molar-refractivity contribution in [2.45, 2.75) is 50.4 Å². The number of halogens is 3. The molecule has 3 rings (SSSR count). The number of amides is 2. The third-order valence-electron chi connectivity index (χ3n) is 6.33. The second-order valence-electron chi connectivity index (χ2n) is 8.31. The lowest BCUT2D eigenvalue weighted by molar-refractivity contribution is -0.215. The number of rotatable bonds is 5. The number of likely N-dealkylation sites (N-methyl/N-ethyl adjacent to an activating group) is 1. The topological polar surface area (TPSA) is 70.1 Å². The molecule has 1 N–H and O–H groups in total. The summed E-state index contributed by atoms with van der Waals surface area (Å²) in [6, 6.07) is 9.69. The van der Waals surface area contributed by atoms with Crippen molar-refractivity contribution in [3.05, 3.63) is 35.9 Å². The predicted molar refractivity (Wildman–Crippen MR) is 103 cm³/mol. The fraction of sp³-hybridized carbons (Fsp3) is 0.619. The van der Waals surface area contributed by atoms with E-state index < -0.39 is 25.0 Å². The van der Waals surface area contributed by atoms with E-state index in [9.17, 15) is 22.8 Å². The van der Waals surface area contributed by atoms with Crippen molar-refractivity contribution in [3.63, 3.8) is 0 Å². The van der Waals surface area contributed by atoms with Crippen LogP contribution in [0.3, 0.4) is 0 Å². The van der Waals surface area contributed by atoms with Gasteiger partial charge in [0.1, 0.15) is 0 Å². The lowest BCUT2D eigenvalue weighted by Crippen LogP contribution is -2.56. The molecule has 1 aliphatic carbocycles. The molecule has 166 valence electrons. The minimum absolute atomic E-state index is 0.0170. The maximum Gasteiger partial charge on any atom is 0.427 e. The third kappa shape index (κ3) is 5.06. The van der Waals surface area contributed by atoms with Crippen LogP contribution in [0.5, 0.6) is 0 Å². The average Bonchev–Trinajstić information content (AvgIpc) is 2.69. The molecule has 0 unspecified atom stereocenters. The number of nitrogens with zero attached hydrogens (tertiary/aromatic N) is 2. The van der Waals surface area contributed by atoms with Crippen LogP contribution in [-0.4, -0.2) is 72.0 Å². The molecule has 9 heteroatoms. The van der Waals surface area contributed by atoms with E-state index in [1.165, 1.54) is 4.90 Å². The van der Waals surface area contributed by atoms with Crippen molar-refractivity contribution < 1.29 is 32.6 Å². The first-order valence-corrected chi connectivity index (χ1v) is 10.1. The molecule has 0 bridgehead atoms. The van der Waals surface area contributed by atoms with Crippen molar-refractivity contribution >= 4 is 12.0 Å². The zero-order valence-electron chi connectivity index (χ0n) is 16.9. The van der Waals surface area contributed by atoms with Gasteiger partial charge in [0, 0.05) is 26.2 Å². The first-order chi connectivity index (χ1) is 14.1. The molecule has 30 heavy (non-hydrogen) atoms. The Morgan fingerprint density at radius 1 is 1.23 bits per heavy atom. The zero-order valence-corrected chi connectivity index (χ0v) is 16.9. The Morgan fingerprint density at radius 3 is 2.37 bits per heavy atom. The van der Waals surface area contributed by atoms with Crippen LogP contribution in [0.4, 0.5) is 18.0 Å². The lowest BCUT2D eigenvalue weighted by atomic mass is 9.60. The number of hydrogen-bond acceptors (Lipinski definition) is 4. The number of ether oxygens (including phenoxy) is 1. The van der Waals surface area contributed by atoms with Gasteiger partial charge < -0.3 is 19.6 Å². The number of alkyl halides is 3. The van der Waals surface area contributed by atoms with E-state index >= 15 is 0 Å². The van der Waals surface area contributed by atoms with E-state index in [0.29, 0.717) is 32.4 Å². The molecule has 0 aromatic heterocycles. The quantitative estimate of drug-likeness (QED) is 0.783. The van der Waals surface area contributed by atoms with Crippen molar-refractivity contribution in [3.8, 4) is 0 Å². The van der Waals surface area contributed by atoms with Gasteiger partial charge in [-0.3, -0.25) is 4.79 Å². The molecule has 0 radical (unpaired) electrons. The Balaban J connectivity index is 1.45. The van der Waals surface area contributed by atoms with E-state index in [2.05, 4.69) is 4.74 Å². The van der Waals surface area contributed by atoms with Crippen molar-refractivity contribution in [2.24, 2.45) is 5.41 Å². The summed E-state index contributed by atoms with van der Waals surface area (Å²) in [4.78, 5) is 27.6. The molecular formula is C21H27F3N2O4. The van der Waals surface area contributed by atoms with Gasteiger partial charge >= 0.3 is 12.3 Å². The molecule has 1 heterocycles. The van der Waals surface area contributed by atoms with E-state index in [4.69, 9.17) is 5.11 Å². The summed E-state index contributed by atoms with van der Waals surface area (Å²) in [6.07, 6.45) is -5.01. The Bertz CT molecular complexity index is 740. The Hall–Kier alpha value is -2.29. The highest BCUT2D eigenvalue weighted by Crippen LogP contribution is 2.50. The van der Waals surface area contributed by atoms with Crippen molar-refractivity contribution in [1.29, 1.82) is 0 Å². The molecule has 1 saturated carbocycles. The zero-order chi connectivity index (χ0) is 21.9. The minimum atomic E-state index is -4.79. The smallest absolute Gasteiger partial charge is 0.427 e. The second-order valence-corrected chi connectivity index (χ2v) is 8.31. The molecule has 1 spiro atoms. The summed E-state index contributed by atoms with van der Waals surface area (Å²) in [5, 5.41) is 8.81. The fourth-order valence-electron chi connectivity index (χ4n) is 4.29. The molecule has 6 nitrogen and oxygen atoms in total. The van der Waals surface area contributed by atoms with Crippen LogP contribution in [0.15, 0.2) is 30.3 Å². The molecule has 1 aromatic rings. The molecule has 2 fully saturated rings. The van der Waals surface area contributed by atoms with Gasteiger partial charge in [-0.25, -0.2) is 4.79 Å². The Morgan fingerprint density at radius 2 is 1.83 bits per heavy atom. The average molecular weight is 428 g/mol. The van der Waals surface area contributed by atoms with E-state index in [1.54, 1.807) is 4.90 Å². The fourth-order valence-corrected chi connectivity index (χ4v) is 4.29. The van der Waals surface area contributed by atoms with E-state index in [1.807, 2.05) is 37.4 Å². The predicted octanol–water partition coefficient (Wildman–Crippen LogP) is 2.99. The highest BCUT2D eigenvalue weighted by atomic mass is 19.4. The summed E-state index contributed by atoms with van der Waals surface area (Å²) in [5.41, 5.74) is 0.985. The molecular weight excluding hydrogens is 401 g/mol. The standard InChI is InChI=1S/C21H27F3N2O4/c1-25(18(28)11-15-5-3-2-4-6-15)16-12-20(13-16)7-9-26(10-8-20)19(29)30-17(14-27)21(22,23)24/h2-6,16-17,27H,7-14H2,1H3/t17-/m1/s1. The number of likely N-dealkylation sites (tertiary alicyclic amines) is 1. The molecule has 1 aromatic carbocycles. The maximum absolute atomic E-state index is 12.7. The molecule has 2 aliphatic rings. The van der Waals surface area contributed by atoms with Crippen LogP contribution in [0, 0.1) is 5.41 Å². The number of aliphatic hydroxyl groups excluding tert-OH is 1. The van der Waals surface area contributed by atoms with E-state index in [0.717, 1.165) is 18.4 Å². The van der Waals surface area contributed by atoms with Crippen LogP contribution in [0.25, 0.3) is 0 Å².